The van der Waals surface area contributed by atoms with E-state index in [4.69, 9.17) is 10.6 Å². The van der Waals surface area contributed by atoms with Crippen LogP contribution in [0.5, 0.6) is 11.6 Å². The van der Waals surface area contributed by atoms with E-state index in [2.05, 4.69) is 31.3 Å². The third-order valence-electron chi connectivity index (χ3n) is 2.65. The Morgan fingerprint density at radius 3 is 2.85 bits per heavy atom. The number of nitrogen functional groups attached to an aromatic ring is 1. The number of anilines is 1. The van der Waals surface area contributed by atoms with Gasteiger partial charge in [-0.1, -0.05) is 13.3 Å². The summed E-state index contributed by atoms with van der Waals surface area (Å²) in [5, 5.41) is 0. The molecule has 0 amide bonds. The monoisotopic (exact) mass is 340 g/mol. The van der Waals surface area contributed by atoms with Crippen LogP contribution in [0.25, 0.3) is 0 Å². The summed E-state index contributed by atoms with van der Waals surface area (Å²) in [7, 11) is 0. The van der Waals surface area contributed by atoms with Gasteiger partial charge in [-0.3, -0.25) is 0 Å². The van der Waals surface area contributed by atoms with Gasteiger partial charge in [0.15, 0.2) is 0 Å². The minimum absolute atomic E-state index is 0.332. The minimum atomic E-state index is -0.349. The first-order chi connectivity index (χ1) is 9.65. The maximum Gasteiger partial charge on any atom is 0.227 e. The number of rotatable bonds is 5. The smallest absolute Gasteiger partial charge is 0.227 e. The highest BCUT2D eigenvalue weighted by Gasteiger charge is 2.12. The molecule has 20 heavy (non-hydrogen) atoms. The van der Waals surface area contributed by atoms with Gasteiger partial charge in [-0.15, -0.1) is 0 Å². The number of benzene rings is 1. The van der Waals surface area contributed by atoms with Crippen LogP contribution in [0.1, 0.15) is 18.9 Å². The molecule has 0 fully saturated rings. The van der Waals surface area contributed by atoms with Crippen LogP contribution in [0.3, 0.4) is 0 Å². The number of ether oxygens (including phenoxy) is 1. The number of nitrogens with two attached hydrogens (primary N) is 1. The normalized spacial score (nSPS) is 10.4. The van der Waals surface area contributed by atoms with Crippen molar-refractivity contribution in [3.8, 4) is 11.6 Å². The molecule has 0 bridgehead atoms. The topological polar surface area (TPSA) is 73.1 Å². The summed E-state index contributed by atoms with van der Waals surface area (Å²) in [5.41, 5.74) is 3.32. The first kappa shape index (κ1) is 14.7. The lowest BCUT2D eigenvalue weighted by molar-refractivity contribution is 0.452. The van der Waals surface area contributed by atoms with Gasteiger partial charge in [0.2, 0.25) is 5.88 Å². The van der Waals surface area contributed by atoms with Gasteiger partial charge >= 0.3 is 0 Å². The number of hydrogen-bond acceptors (Lipinski definition) is 5. The summed E-state index contributed by atoms with van der Waals surface area (Å²) < 4.78 is 19.2. The fraction of sp³-hybridized carbons (Fsp3) is 0.231. The SMILES string of the molecule is CCCc1c(NN)ncnc1Oc1ccc(F)c(Br)c1. The van der Waals surface area contributed by atoms with E-state index in [9.17, 15) is 4.39 Å². The van der Waals surface area contributed by atoms with Gasteiger partial charge in [-0.05, 0) is 40.5 Å². The molecule has 1 aromatic heterocycles. The first-order valence-corrected chi connectivity index (χ1v) is 6.88. The maximum absolute atomic E-state index is 13.2. The molecule has 0 atom stereocenters. The van der Waals surface area contributed by atoms with Gasteiger partial charge in [0, 0.05) is 0 Å². The highest BCUT2D eigenvalue weighted by molar-refractivity contribution is 9.10. The Kier molecular flexibility index (Phi) is 4.86. The average Bonchev–Trinajstić information content (AvgIpc) is 2.45. The van der Waals surface area contributed by atoms with Gasteiger partial charge in [0.1, 0.15) is 23.7 Å². The lowest BCUT2D eigenvalue weighted by atomic mass is 10.2. The fourth-order valence-corrected chi connectivity index (χ4v) is 2.09. The van der Waals surface area contributed by atoms with E-state index in [1.165, 1.54) is 18.5 Å². The van der Waals surface area contributed by atoms with Gasteiger partial charge < -0.3 is 10.2 Å². The molecule has 0 aliphatic heterocycles. The molecule has 0 aliphatic carbocycles. The van der Waals surface area contributed by atoms with Crippen LogP contribution in [0.4, 0.5) is 10.2 Å². The second kappa shape index (κ2) is 6.62. The largest absolute Gasteiger partial charge is 0.439 e. The summed E-state index contributed by atoms with van der Waals surface area (Å²) in [6, 6.07) is 4.40. The van der Waals surface area contributed by atoms with Crippen molar-refractivity contribution in [2.24, 2.45) is 5.84 Å². The Morgan fingerprint density at radius 2 is 2.20 bits per heavy atom. The van der Waals surface area contributed by atoms with E-state index in [0.29, 0.717) is 21.9 Å². The predicted octanol–water partition coefficient (Wildman–Crippen LogP) is 3.41. The zero-order valence-corrected chi connectivity index (χ0v) is 12.4. The maximum atomic E-state index is 13.2. The van der Waals surface area contributed by atoms with Crippen LogP contribution < -0.4 is 16.0 Å². The molecule has 0 spiro atoms. The predicted molar refractivity (Wildman–Crippen MR) is 78.0 cm³/mol. The average molecular weight is 341 g/mol. The van der Waals surface area contributed by atoms with Crippen molar-refractivity contribution in [3.63, 3.8) is 0 Å². The van der Waals surface area contributed by atoms with Crippen LogP contribution in [0, 0.1) is 5.82 Å². The van der Waals surface area contributed by atoms with Gasteiger partial charge in [0.25, 0.3) is 0 Å². The van der Waals surface area contributed by atoms with E-state index in [1.54, 1.807) is 6.07 Å². The van der Waals surface area contributed by atoms with Crippen LogP contribution in [-0.2, 0) is 6.42 Å². The number of hydrazine groups is 1. The third kappa shape index (κ3) is 3.23. The minimum Gasteiger partial charge on any atom is -0.439 e. The second-order valence-corrected chi connectivity index (χ2v) is 4.93. The molecule has 0 aliphatic rings. The molecule has 1 aromatic carbocycles. The molecule has 3 N–H and O–H groups in total. The molecule has 0 unspecified atom stereocenters. The summed E-state index contributed by atoms with van der Waals surface area (Å²) in [4.78, 5) is 8.17. The number of halogens is 2. The van der Waals surface area contributed by atoms with E-state index in [1.807, 2.05) is 6.92 Å². The quantitative estimate of drug-likeness (QED) is 0.644. The molecular weight excluding hydrogens is 327 g/mol. The molecule has 0 radical (unpaired) electrons. The molecular formula is C13H14BrFN4O. The van der Waals surface area contributed by atoms with Crippen LogP contribution in [-0.4, -0.2) is 9.97 Å². The number of nitrogens with one attached hydrogen (secondary N) is 1. The molecule has 1 heterocycles. The summed E-state index contributed by atoms with van der Waals surface area (Å²) in [5.74, 6) is 6.51. The molecule has 7 heteroatoms. The fourth-order valence-electron chi connectivity index (χ4n) is 1.74. The van der Waals surface area contributed by atoms with Crippen LogP contribution in [0.2, 0.25) is 0 Å². The summed E-state index contributed by atoms with van der Waals surface area (Å²) in [6.07, 6.45) is 2.98. The Balaban J connectivity index is 2.34. The van der Waals surface area contributed by atoms with Crippen molar-refractivity contribution in [2.75, 3.05) is 5.43 Å². The Bertz CT molecular complexity index is 609. The first-order valence-electron chi connectivity index (χ1n) is 6.09. The summed E-state index contributed by atoms with van der Waals surface area (Å²) >= 11 is 3.12. The third-order valence-corrected chi connectivity index (χ3v) is 3.26. The molecule has 5 nitrogen and oxygen atoms in total. The molecule has 0 saturated carbocycles. The van der Waals surface area contributed by atoms with Crippen molar-refractivity contribution >= 4 is 21.7 Å². The van der Waals surface area contributed by atoms with Gasteiger partial charge in [-0.2, -0.15) is 0 Å². The number of hydrogen-bond donors (Lipinski definition) is 2. The zero-order chi connectivity index (χ0) is 14.5. The Hall–Kier alpha value is -1.73. The molecule has 106 valence electrons. The van der Waals surface area contributed by atoms with Crippen molar-refractivity contribution in [2.45, 2.75) is 19.8 Å². The highest BCUT2D eigenvalue weighted by atomic mass is 79.9. The van der Waals surface area contributed by atoms with E-state index < -0.39 is 0 Å². The number of aromatic nitrogens is 2. The molecule has 2 rings (SSSR count). The lowest BCUT2D eigenvalue weighted by Gasteiger charge is -2.12. The van der Waals surface area contributed by atoms with Gasteiger partial charge in [-0.25, -0.2) is 20.2 Å². The molecule has 2 aromatic rings. The van der Waals surface area contributed by atoms with Crippen molar-refractivity contribution < 1.29 is 9.13 Å². The summed E-state index contributed by atoms with van der Waals surface area (Å²) in [6.45, 7) is 2.03. The Labute approximate surface area is 124 Å². The van der Waals surface area contributed by atoms with E-state index in [0.717, 1.165) is 18.4 Å². The van der Waals surface area contributed by atoms with E-state index >= 15 is 0 Å². The van der Waals surface area contributed by atoms with E-state index in [-0.39, 0.29) is 5.82 Å². The van der Waals surface area contributed by atoms with Crippen LogP contribution in [0.15, 0.2) is 29.0 Å². The second-order valence-electron chi connectivity index (χ2n) is 4.08. The van der Waals surface area contributed by atoms with Crippen LogP contribution >= 0.6 is 15.9 Å². The van der Waals surface area contributed by atoms with Crippen molar-refractivity contribution in [3.05, 3.63) is 40.4 Å². The zero-order valence-electron chi connectivity index (χ0n) is 10.9. The van der Waals surface area contributed by atoms with Crippen molar-refractivity contribution in [1.29, 1.82) is 0 Å². The van der Waals surface area contributed by atoms with Gasteiger partial charge in [0.05, 0.1) is 10.0 Å². The number of nitrogens with zero attached hydrogens (tertiary/aromatic N) is 2. The molecule has 0 saturated heterocycles. The standard InChI is InChI=1S/C13H14BrFN4O/c1-2-3-9-12(19-16)17-7-18-13(9)20-8-4-5-11(15)10(14)6-8/h4-7H,2-3,16H2,1H3,(H,17,18,19). The Morgan fingerprint density at radius 1 is 1.40 bits per heavy atom. The van der Waals surface area contributed by atoms with Crippen molar-refractivity contribution in [1.82, 2.24) is 9.97 Å². The highest BCUT2D eigenvalue weighted by Crippen LogP contribution is 2.30. The lowest BCUT2D eigenvalue weighted by Crippen LogP contribution is -2.12.